The summed E-state index contributed by atoms with van der Waals surface area (Å²) in [6.07, 6.45) is 2.23. The topological polar surface area (TPSA) is 98.4 Å². The van der Waals surface area contributed by atoms with Crippen LogP contribution in [0.25, 0.3) is 0 Å². The minimum absolute atomic E-state index is 0.198. The fourth-order valence-corrected chi connectivity index (χ4v) is 4.08. The van der Waals surface area contributed by atoms with Crippen molar-refractivity contribution in [1.29, 1.82) is 0 Å². The van der Waals surface area contributed by atoms with Gasteiger partial charge in [0.25, 0.3) is 5.89 Å². The summed E-state index contributed by atoms with van der Waals surface area (Å²) in [6, 6.07) is 0. The first-order valence-corrected chi connectivity index (χ1v) is 10.4. The van der Waals surface area contributed by atoms with Crippen LogP contribution in [0.4, 0.5) is 0 Å². The number of thiazole rings is 1. The molecule has 0 aliphatic carbocycles. The third-order valence-electron chi connectivity index (χ3n) is 3.81. The lowest BCUT2D eigenvalue weighted by Gasteiger charge is -2.22. The standard InChI is InChI=1S/C14H20N4O4S2/c1-9-15-14(22-17-9)13-5-4-12(21-13)7-18(24(3,19)20)6-11-8-23-10(2)16-11/h8,12-13H,4-7H2,1-3H3/t12-,13+/m1/s1. The minimum Gasteiger partial charge on any atom is -0.364 e. The summed E-state index contributed by atoms with van der Waals surface area (Å²) in [5, 5.41) is 6.57. The maximum atomic E-state index is 12.1. The van der Waals surface area contributed by atoms with Gasteiger partial charge in [0.05, 0.1) is 29.6 Å². The zero-order chi connectivity index (χ0) is 17.3. The molecule has 2 aromatic heterocycles. The normalized spacial score (nSPS) is 21.7. The second-order valence-corrected chi connectivity index (χ2v) is 8.96. The Kier molecular flexibility index (Phi) is 5.00. The molecule has 0 amide bonds. The maximum Gasteiger partial charge on any atom is 0.255 e. The molecule has 0 radical (unpaired) electrons. The van der Waals surface area contributed by atoms with Crippen molar-refractivity contribution in [3.8, 4) is 0 Å². The Morgan fingerprint density at radius 2 is 2.12 bits per heavy atom. The van der Waals surface area contributed by atoms with Gasteiger partial charge in [0.15, 0.2) is 5.82 Å². The van der Waals surface area contributed by atoms with E-state index >= 15 is 0 Å². The van der Waals surface area contributed by atoms with Crippen molar-refractivity contribution in [3.05, 3.63) is 27.8 Å². The second-order valence-electron chi connectivity index (χ2n) is 5.92. The molecule has 1 aliphatic rings. The molecule has 1 saturated heterocycles. The molecule has 2 atom stereocenters. The molecule has 10 heteroatoms. The minimum atomic E-state index is -3.35. The lowest BCUT2D eigenvalue weighted by molar-refractivity contribution is 0.0171. The SMILES string of the molecule is Cc1noc([C@@H]2CC[C@H](CN(Cc3csc(C)n3)S(C)(=O)=O)O2)n1. The van der Waals surface area contributed by atoms with E-state index in [2.05, 4.69) is 15.1 Å². The predicted molar refractivity (Wildman–Crippen MR) is 88.0 cm³/mol. The van der Waals surface area contributed by atoms with E-state index in [9.17, 15) is 8.42 Å². The highest BCUT2D eigenvalue weighted by Gasteiger charge is 2.33. The van der Waals surface area contributed by atoms with Gasteiger partial charge >= 0.3 is 0 Å². The molecule has 0 N–H and O–H groups in total. The number of hydrogen-bond donors (Lipinski definition) is 0. The van der Waals surface area contributed by atoms with E-state index in [0.717, 1.165) is 23.5 Å². The lowest BCUT2D eigenvalue weighted by atomic mass is 10.2. The summed E-state index contributed by atoms with van der Waals surface area (Å²) in [6.45, 7) is 4.20. The van der Waals surface area contributed by atoms with Gasteiger partial charge in [0.2, 0.25) is 10.0 Å². The van der Waals surface area contributed by atoms with Crippen LogP contribution in [0.1, 0.15) is 41.4 Å². The molecular weight excluding hydrogens is 352 g/mol. The van der Waals surface area contributed by atoms with Crippen molar-refractivity contribution < 1.29 is 17.7 Å². The van der Waals surface area contributed by atoms with Crippen LogP contribution in [-0.2, 0) is 21.3 Å². The first kappa shape index (κ1) is 17.5. The van der Waals surface area contributed by atoms with Crippen LogP contribution >= 0.6 is 11.3 Å². The van der Waals surface area contributed by atoms with Crippen LogP contribution in [0.3, 0.4) is 0 Å². The van der Waals surface area contributed by atoms with Gasteiger partial charge in [0, 0.05) is 11.9 Å². The monoisotopic (exact) mass is 372 g/mol. The summed E-state index contributed by atoms with van der Waals surface area (Å²) in [5.41, 5.74) is 0.755. The summed E-state index contributed by atoms with van der Waals surface area (Å²) >= 11 is 1.51. The predicted octanol–water partition coefficient (Wildman–Crippen LogP) is 1.82. The summed E-state index contributed by atoms with van der Waals surface area (Å²) in [7, 11) is -3.35. The molecule has 8 nitrogen and oxygen atoms in total. The van der Waals surface area contributed by atoms with Crippen LogP contribution in [0.15, 0.2) is 9.90 Å². The summed E-state index contributed by atoms with van der Waals surface area (Å²) in [5.74, 6) is 1.02. The number of rotatable bonds is 6. The van der Waals surface area contributed by atoms with Gasteiger partial charge in [0.1, 0.15) is 6.10 Å². The highest BCUT2D eigenvalue weighted by atomic mass is 32.2. The van der Waals surface area contributed by atoms with Crippen LogP contribution in [0.2, 0.25) is 0 Å². The average molecular weight is 372 g/mol. The molecule has 3 heterocycles. The van der Waals surface area contributed by atoms with Gasteiger partial charge in [-0.3, -0.25) is 0 Å². The van der Waals surface area contributed by atoms with Gasteiger partial charge in [-0.05, 0) is 26.7 Å². The second kappa shape index (κ2) is 6.87. The van der Waals surface area contributed by atoms with Crippen LogP contribution < -0.4 is 0 Å². The summed E-state index contributed by atoms with van der Waals surface area (Å²) < 4.78 is 36.6. The largest absolute Gasteiger partial charge is 0.364 e. The molecule has 3 rings (SSSR count). The Balaban J connectivity index is 1.65. The molecule has 0 aromatic carbocycles. The Morgan fingerprint density at radius 3 is 2.71 bits per heavy atom. The van der Waals surface area contributed by atoms with Gasteiger partial charge in [-0.2, -0.15) is 9.29 Å². The van der Waals surface area contributed by atoms with Gasteiger partial charge in [-0.15, -0.1) is 11.3 Å². The van der Waals surface area contributed by atoms with E-state index in [1.54, 1.807) is 6.92 Å². The Bertz CT molecular complexity index is 801. The first-order valence-electron chi connectivity index (χ1n) is 7.63. The number of ether oxygens (including phenoxy) is 1. The maximum absolute atomic E-state index is 12.1. The zero-order valence-electron chi connectivity index (χ0n) is 13.8. The molecule has 0 unspecified atom stereocenters. The molecule has 0 spiro atoms. The molecule has 0 bridgehead atoms. The van der Waals surface area contributed by atoms with Crippen LogP contribution in [0.5, 0.6) is 0 Å². The Hall–Kier alpha value is -1.36. The first-order chi connectivity index (χ1) is 11.3. The van der Waals surface area contributed by atoms with Crippen molar-refractivity contribution in [1.82, 2.24) is 19.4 Å². The highest BCUT2D eigenvalue weighted by Crippen LogP contribution is 2.32. The molecule has 1 aliphatic heterocycles. The molecule has 24 heavy (non-hydrogen) atoms. The smallest absolute Gasteiger partial charge is 0.255 e. The van der Waals surface area contributed by atoms with Gasteiger partial charge < -0.3 is 9.26 Å². The van der Waals surface area contributed by atoms with E-state index < -0.39 is 10.0 Å². The van der Waals surface area contributed by atoms with E-state index in [-0.39, 0.29) is 18.8 Å². The quantitative estimate of drug-likeness (QED) is 0.763. The molecular formula is C14H20N4O4S2. The number of sulfonamides is 1. The van der Waals surface area contributed by atoms with Crippen molar-refractivity contribution in [2.45, 2.75) is 45.4 Å². The van der Waals surface area contributed by atoms with Crippen molar-refractivity contribution in [3.63, 3.8) is 0 Å². The Morgan fingerprint density at radius 1 is 1.33 bits per heavy atom. The van der Waals surface area contributed by atoms with Crippen molar-refractivity contribution >= 4 is 21.4 Å². The van der Waals surface area contributed by atoms with Crippen molar-refractivity contribution in [2.75, 3.05) is 12.8 Å². The van der Waals surface area contributed by atoms with E-state index in [4.69, 9.17) is 9.26 Å². The highest BCUT2D eigenvalue weighted by molar-refractivity contribution is 7.88. The fraction of sp³-hybridized carbons (Fsp3) is 0.643. The van der Waals surface area contributed by atoms with Crippen LogP contribution in [0, 0.1) is 13.8 Å². The fourth-order valence-electron chi connectivity index (χ4n) is 2.67. The van der Waals surface area contributed by atoms with Gasteiger partial charge in [-0.1, -0.05) is 5.16 Å². The molecule has 132 valence electrons. The molecule has 2 aromatic rings. The summed E-state index contributed by atoms with van der Waals surface area (Å²) in [4.78, 5) is 8.52. The van der Waals surface area contributed by atoms with Crippen LogP contribution in [-0.4, -0.2) is 46.8 Å². The van der Waals surface area contributed by atoms with Crippen molar-refractivity contribution in [2.24, 2.45) is 0 Å². The molecule has 0 saturated carbocycles. The van der Waals surface area contributed by atoms with E-state index in [0.29, 0.717) is 18.3 Å². The van der Waals surface area contributed by atoms with E-state index in [1.165, 1.54) is 21.9 Å². The lowest BCUT2D eigenvalue weighted by Crippen LogP contribution is -2.36. The third-order valence-corrected chi connectivity index (χ3v) is 5.85. The number of nitrogens with zero attached hydrogens (tertiary/aromatic N) is 4. The Labute approximate surface area is 144 Å². The van der Waals surface area contributed by atoms with E-state index in [1.807, 2.05) is 12.3 Å². The van der Waals surface area contributed by atoms with Gasteiger partial charge in [-0.25, -0.2) is 13.4 Å². The third kappa shape index (κ3) is 4.18. The number of aryl methyl sites for hydroxylation is 2. The zero-order valence-corrected chi connectivity index (χ0v) is 15.4. The number of hydrogen-bond acceptors (Lipinski definition) is 8. The average Bonchev–Trinajstić information content (AvgIpc) is 3.19. The number of aromatic nitrogens is 3. The molecule has 1 fully saturated rings.